The molecule has 1 aliphatic rings. The van der Waals surface area contributed by atoms with Crippen molar-refractivity contribution in [2.45, 2.75) is 32.5 Å². The van der Waals surface area contributed by atoms with Gasteiger partial charge in [-0.25, -0.2) is 13.1 Å². The van der Waals surface area contributed by atoms with Crippen LogP contribution in [0.3, 0.4) is 0 Å². The van der Waals surface area contributed by atoms with Gasteiger partial charge in [-0.1, -0.05) is 24.3 Å². The summed E-state index contributed by atoms with van der Waals surface area (Å²) >= 11 is 0. The highest BCUT2D eigenvalue weighted by Crippen LogP contribution is 2.13. The molecule has 0 spiro atoms. The van der Waals surface area contributed by atoms with Gasteiger partial charge in [0.15, 0.2) is 5.96 Å². The number of nitrogens with zero attached hydrogens (tertiary/aromatic N) is 2. The summed E-state index contributed by atoms with van der Waals surface area (Å²) in [6, 6.07) is 8.37. The van der Waals surface area contributed by atoms with Crippen molar-refractivity contribution in [3.63, 3.8) is 0 Å². The molecule has 1 heterocycles. The Bertz CT molecular complexity index is 759. The Balaban J connectivity index is 1.91. The van der Waals surface area contributed by atoms with E-state index in [0.29, 0.717) is 19.0 Å². The lowest BCUT2D eigenvalue weighted by molar-refractivity contribution is 0.0341. The Morgan fingerprint density at radius 1 is 1.18 bits per heavy atom. The summed E-state index contributed by atoms with van der Waals surface area (Å²) in [4.78, 5) is 6.64. The standard InChI is InChI=1S/C19H33N5O3S/c1-19(2,23-28(4,25)26)15-22-18(20-3)21-13-16-7-5-6-8-17(16)14-24-9-11-27-12-10-24/h5-8,23H,9-15H2,1-4H3,(H2,20,21,22). The van der Waals surface area contributed by atoms with Gasteiger partial charge in [-0.3, -0.25) is 9.89 Å². The molecule has 2 rings (SSSR count). The van der Waals surface area contributed by atoms with Gasteiger partial charge >= 0.3 is 0 Å². The van der Waals surface area contributed by atoms with Crippen molar-refractivity contribution >= 4 is 16.0 Å². The van der Waals surface area contributed by atoms with Gasteiger partial charge < -0.3 is 15.4 Å². The molecule has 0 radical (unpaired) electrons. The molecule has 9 heteroatoms. The number of guanidine groups is 1. The predicted molar refractivity (Wildman–Crippen MR) is 113 cm³/mol. The number of benzene rings is 1. The van der Waals surface area contributed by atoms with Crippen molar-refractivity contribution < 1.29 is 13.2 Å². The van der Waals surface area contributed by atoms with Gasteiger partial charge in [0, 0.05) is 45.3 Å². The van der Waals surface area contributed by atoms with E-state index >= 15 is 0 Å². The van der Waals surface area contributed by atoms with Crippen LogP contribution in [0.25, 0.3) is 0 Å². The number of hydrogen-bond acceptors (Lipinski definition) is 5. The second-order valence-corrected chi connectivity index (χ2v) is 9.44. The fourth-order valence-electron chi connectivity index (χ4n) is 3.13. The van der Waals surface area contributed by atoms with Crippen molar-refractivity contribution in [2.24, 2.45) is 4.99 Å². The van der Waals surface area contributed by atoms with Crippen LogP contribution in [-0.2, 0) is 27.8 Å². The number of ether oxygens (including phenoxy) is 1. The van der Waals surface area contributed by atoms with E-state index in [1.807, 2.05) is 19.9 Å². The first-order chi connectivity index (χ1) is 13.2. The van der Waals surface area contributed by atoms with Gasteiger partial charge in [0.2, 0.25) is 10.0 Å². The summed E-state index contributed by atoms with van der Waals surface area (Å²) < 4.78 is 31.0. The smallest absolute Gasteiger partial charge is 0.209 e. The molecular weight excluding hydrogens is 378 g/mol. The number of rotatable bonds is 8. The molecule has 1 aliphatic heterocycles. The Labute approximate surface area is 168 Å². The maximum absolute atomic E-state index is 11.5. The van der Waals surface area contributed by atoms with E-state index in [9.17, 15) is 8.42 Å². The lowest BCUT2D eigenvalue weighted by Crippen LogP contribution is -2.52. The number of sulfonamides is 1. The minimum absolute atomic E-state index is 0.412. The molecular formula is C19H33N5O3S. The highest BCUT2D eigenvalue weighted by Gasteiger charge is 2.22. The van der Waals surface area contributed by atoms with Gasteiger partial charge in [-0.2, -0.15) is 0 Å². The molecule has 0 unspecified atom stereocenters. The fraction of sp³-hybridized carbons (Fsp3) is 0.632. The highest BCUT2D eigenvalue weighted by molar-refractivity contribution is 7.88. The van der Waals surface area contributed by atoms with E-state index in [-0.39, 0.29) is 0 Å². The molecule has 0 bridgehead atoms. The van der Waals surface area contributed by atoms with Crippen molar-refractivity contribution in [3.05, 3.63) is 35.4 Å². The van der Waals surface area contributed by atoms with Crippen molar-refractivity contribution in [3.8, 4) is 0 Å². The molecule has 1 fully saturated rings. The van der Waals surface area contributed by atoms with Gasteiger partial charge in [0.1, 0.15) is 0 Å². The Morgan fingerprint density at radius 2 is 1.82 bits per heavy atom. The zero-order valence-electron chi connectivity index (χ0n) is 17.3. The van der Waals surface area contributed by atoms with Crippen LogP contribution in [-0.4, -0.2) is 71.0 Å². The maximum atomic E-state index is 11.5. The van der Waals surface area contributed by atoms with Crippen LogP contribution in [0.5, 0.6) is 0 Å². The Hall–Kier alpha value is -1.68. The summed E-state index contributed by atoms with van der Waals surface area (Å²) in [6.07, 6.45) is 1.16. The minimum Gasteiger partial charge on any atom is -0.379 e. The van der Waals surface area contributed by atoms with Gasteiger partial charge in [-0.05, 0) is 25.0 Å². The monoisotopic (exact) mass is 411 g/mol. The van der Waals surface area contributed by atoms with E-state index in [2.05, 4.69) is 43.4 Å². The van der Waals surface area contributed by atoms with Crippen LogP contribution in [0.2, 0.25) is 0 Å². The maximum Gasteiger partial charge on any atom is 0.209 e. The molecule has 28 heavy (non-hydrogen) atoms. The highest BCUT2D eigenvalue weighted by atomic mass is 32.2. The van der Waals surface area contributed by atoms with Crippen LogP contribution in [0.4, 0.5) is 0 Å². The van der Waals surface area contributed by atoms with E-state index in [1.165, 1.54) is 11.1 Å². The average Bonchev–Trinajstić information content (AvgIpc) is 2.62. The minimum atomic E-state index is -3.28. The summed E-state index contributed by atoms with van der Waals surface area (Å²) in [6.45, 7) is 9.08. The Morgan fingerprint density at radius 3 is 2.43 bits per heavy atom. The quantitative estimate of drug-likeness (QED) is 0.426. The topological polar surface area (TPSA) is 95.1 Å². The molecule has 3 N–H and O–H groups in total. The first-order valence-corrected chi connectivity index (χ1v) is 11.4. The average molecular weight is 412 g/mol. The fourth-order valence-corrected chi connectivity index (χ4v) is 4.20. The first-order valence-electron chi connectivity index (χ1n) is 9.49. The molecule has 0 saturated carbocycles. The zero-order valence-corrected chi connectivity index (χ0v) is 18.1. The summed E-state index contributed by atoms with van der Waals surface area (Å²) in [7, 11) is -1.57. The number of aliphatic imine (C=N–C) groups is 1. The third-order valence-electron chi connectivity index (χ3n) is 4.45. The number of nitrogens with one attached hydrogen (secondary N) is 3. The third-order valence-corrected chi connectivity index (χ3v) is 5.37. The van der Waals surface area contributed by atoms with Crippen LogP contribution in [0, 0.1) is 0 Å². The van der Waals surface area contributed by atoms with Crippen LogP contribution in [0.1, 0.15) is 25.0 Å². The largest absolute Gasteiger partial charge is 0.379 e. The van der Waals surface area contributed by atoms with Crippen LogP contribution >= 0.6 is 0 Å². The summed E-state index contributed by atoms with van der Waals surface area (Å²) in [5.41, 5.74) is 1.87. The molecule has 158 valence electrons. The second-order valence-electron chi connectivity index (χ2n) is 7.69. The van der Waals surface area contributed by atoms with E-state index in [0.717, 1.165) is 39.1 Å². The molecule has 0 atom stereocenters. The molecule has 0 aliphatic carbocycles. The normalized spacial score (nSPS) is 16.8. The van der Waals surface area contributed by atoms with E-state index in [1.54, 1.807) is 7.05 Å². The lowest BCUT2D eigenvalue weighted by atomic mass is 10.1. The van der Waals surface area contributed by atoms with Gasteiger partial charge in [0.05, 0.1) is 19.5 Å². The first kappa shape index (κ1) is 22.6. The molecule has 1 saturated heterocycles. The Kier molecular flexibility index (Phi) is 8.23. The van der Waals surface area contributed by atoms with E-state index in [4.69, 9.17) is 4.74 Å². The predicted octanol–water partition coefficient (Wildman–Crippen LogP) is 0.512. The molecule has 1 aromatic rings. The van der Waals surface area contributed by atoms with Crippen molar-refractivity contribution in [2.75, 3.05) is 46.2 Å². The molecule has 0 amide bonds. The zero-order chi connectivity index (χ0) is 20.6. The molecule has 1 aromatic carbocycles. The van der Waals surface area contributed by atoms with Crippen molar-refractivity contribution in [1.82, 2.24) is 20.3 Å². The number of hydrogen-bond donors (Lipinski definition) is 3. The van der Waals surface area contributed by atoms with Crippen LogP contribution < -0.4 is 15.4 Å². The molecule has 0 aromatic heterocycles. The van der Waals surface area contributed by atoms with E-state index < -0.39 is 15.6 Å². The van der Waals surface area contributed by atoms with Crippen LogP contribution in [0.15, 0.2) is 29.3 Å². The third kappa shape index (κ3) is 8.14. The molecule has 8 nitrogen and oxygen atoms in total. The van der Waals surface area contributed by atoms with Gasteiger partial charge in [0.25, 0.3) is 0 Å². The summed E-state index contributed by atoms with van der Waals surface area (Å²) in [5.74, 6) is 0.629. The number of morpholine rings is 1. The lowest BCUT2D eigenvalue weighted by Gasteiger charge is -2.28. The SMILES string of the molecule is CN=C(NCc1ccccc1CN1CCOCC1)NCC(C)(C)NS(C)(=O)=O. The van der Waals surface area contributed by atoms with Crippen molar-refractivity contribution in [1.29, 1.82) is 0 Å². The summed E-state index contributed by atoms with van der Waals surface area (Å²) in [5, 5.41) is 6.51. The van der Waals surface area contributed by atoms with Gasteiger partial charge in [-0.15, -0.1) is 0 Å². The second kappa shape index (κ2) is 10.2.